The summed E-state index contributed by atoms with van der Waals surface area (Å²) in [6, 6.07) is 2.18. The van der Waals surface area contributed by atoms with Crippen molar-refractivity contribution in [2.45, 2.75) is 71.8 Å². The predicted octanol–water partition coefficient (Wildman–Crippen LogP) is 4.18. The number of hydrogen-bond donors (Lipinski definition) is 2. The van der Waals surface area contributed by atoms with Gasteiger partial charge in [-0.2, -0.15) is 9.97 Å². The number of anilines is 3. The number of rotatable bonds is 3. The second kappa shape index (κ2) is 9.25. The number of hydrogen-bond acceptors (Lipinski definition) is 5. The summed E-state index contributed by atoms with van der Waals surface area (Å²) >= 11 is 5.49. The zero-order valence-corrected chi connectivity index (χ0v) is 18.7. The maximum atomic E-state index is 5.49. The van der Waals surface area contributed by atoms with Crippen LogP contribution in [0.15, 0.2) is 6.07 Å². The zero-order chi connectivity index (χ0) is 20.1. The molecular weight excluding hydrogens is 368 g/mol. The van der Waals surface area contributed by atoms with Gasteiger partial charge >= 0.3 is 0 Å². The molecule has 7 heteroatoms. The molecule has 2 N–H and O–H groups in total. The Balaban J connectivity index is 1.85. The minimum Gasteiger partial charge on any atom is -0.358 e. The van der Waals surface area contributed by atoms with Crippen LogP contribution < -0.4 is 20.4 Å². The Hall–Kier alpha value is -1.63. The fourth-order valence-electron chi connectivity index (χ4n) is 3.97. The summed E-state index contributed by atoms with van der Waals surface area (Å²) in [5, 5.41) is 7.09. The molecule has 2 saturated heterocycles. The van der Waals surface area contributed by atoms with E-state index in [1.165, 1.54) is 38.5 Å². The van der Waals surface area contributed by atoms with E-state index in [2.05, 4.69) is 54.2 Å². The molecule has 2 fully saturated rings. The Morgan fingerprint density at radius 3 is 2.21 bits per heavy atom. The van der Waals surface area contributed by atoms with Crippen molar-refractivity contribution in [2.75, 3.05) is 41.3 Å². The van der Waals surface area contributed by atoms with Crippen LogP contribution in [0.4, 0.5) is 17.6 Å². The Morgan fingerprint density at radius 1 is 1.00 bits per heavy atom. The molecular formula is C21H36N6S. The van der Waals surface area contributed by atoms with Gasteiger partial charge < -0.3 is 20.4 Å². The second-order valence-electron chi connectivity index (χ2n) is 9.33. The molecule has 0 bridgehead atoms. The molecule has 1 atom stereocenters. The summed E-state index contributed by atoms with van der Waals surface area (Å²) in [5.74, 6) is 3.33. The Bertz CT molecular complexity index is 643. The minimum absolute atomic E-state index is 0.0996. The first-order valence-electron chi connectivity index (χ1n) is 10.8. The Kier molecular flexibility index (Phi) is 6.96. The van der Waals surface area contributed by atoms with Crippen molar-refractivity contribution >= 4 is 34.9 Å². The molecule has 0 unspecified atom stereocenters. The highest BCUT2D eigenvalue weighted by atomic mass is 32.1. The molecule has 0 aromatic carbocycles. The van der Waals surface area contributed by atoms with Crippen LogP contribution >= 0.6 is 12.2 Å². The smallest absolute Gasteiger partial charge is 0.232 e. The van der Waals surface area contributed by atoms with Gasteiger partial charge in [0.1, 0.15) is 11.6 Å². The average Bonchev–Trinajstić information content (AvgIpc) is 2.89. The van der Waals surface area contributed by atoms with Gasteiger partial charge in [-0.3, -0.25) is 0 Å². The molecule has 28 heavy (non-hydrogen) atoms. The lowest BCUT2D eigenvalue weighted by Crippen LogP contribution is -2.43. The lowest BCUT2D eigenvalue weighted by molar-refractivity contribution is 0.444. The van der Waals surface area contributed by atoms with E-state index in [9.17, 15) is 0 Å². The van der Waals surface area contributed by atoms with Crippen molar-refractivity contribution in [1.82, 2.24) is 15.3 Å². The topological polar surface area (TPSA) is 56.3 Å². The molecule has 2 aliphatic heterocycles. The van der Waals surface area contributed by atoms with Gasteiger partial charge in [0.25, 0.3) is 0 Å². The van der Waals surface area contributed by atoms with Crippen molar-refractivity contribution in [1.29, 1.82) is 0 Å². The van der Waals surface area contributed by atoms with Crippen molar-refractivity contribution in [3.8, 4) is 0 Å². The standard InChI is InChI=1S/C21H36N6S/c1-16-10-9-13-27(15-16)18-14-17(26-11-7-5-6-8-12-26)22-19(23-18)24-20(28)25-21(2,3)4/h14,16H,5-13,15H2,1-4H3,(H2,22,23,24,25,28)/t16-/m1/s1. The summed E-state index contributed by atoms with van der Waals surface area (Å²) in [6.07, 6.45) is 7.59. The number of aromatic nitrogens is 2. The highest BCUT2D eigenvalue weighted by Crippen LogP contribution is 2.27. The van der Waals surface area contributed by atoms with Crippen molar-refractivity contribution in [3.63, 3.8) is 0 Å². The first-order valence-corrected chi connectivity index (χ1v) is 11.2. The van der Waals surface area contributed by atoms with E-state index < -0.39 is 0 Å². The lowest BCUT2D eigenvalue weighted by atomic mass is 10.0. The highest BCUT2D eigenvalue weighted by molar-refractivity contribution is 7.80. The van der Waals surface area contributed by atoms with Crippen molar-refractivity contribution in [3.05, 3.63) is 6.07 Å². The molecule has 1 aromatic heterocycles. The summed E-state index contributed by atoms with van der Waals surface area (Å²) in [6.45, 7) is 12.9. The molecule has 1 aromatic rings. The number of thiocarbonyl (C=S) groups is 1. The monoisotopic (exact) mass is 404 g/mol. The van der Waals surface area contributed by atoms with Crippen LogP contribution in [0, 0.1) is 5.92 Å². The van der Waals surface area contributed by atoms with Gasteiger partial charge in [-0.25, -0.2) is 0 Å². The van der Waals surface area contributed by atoms with Crippen LogP contribution in [0.2, 0.25) is 0 Å². The quantitative estimate of drug-likeness (QED) is 0.733. The third-order valence-electron chi connectivity index (χ3n) is 5.32. The molecule has 3 rings (SSSR count). The predicted molar refractivity (Wildman–Crippen MR) is 122 cm³/mol. The van der Waals surface area contributed by atoms with E-state index >= 15 is 0 Å². The van der Waals surface area contributed by atoms with E-state index in [1.54, 1.807) is 0 Å². The maximum Gasteiger partial charge on any atom is 0.232 e. The summed E-state index contributed by atoms with van der Waals surface area (Å²) in [7, 11) is 0. The normalized spacial score (nSPS) is 21.2. The summed E-state index contributed by atoms with van der Waals surface area (Å²) in [4.78, 5) is 14.5. The summed E-state index contributed by atoms with van der Waals surface area (Å²) in [5.41, 5.74) is -0.0996. The van der Waals surface area contributed by atoms with Gasteiger partial charge in [0.2, 0.25) is 5.95 Å². The third kappa shape index (κ3) is 6.19. The molecule has 0 amide bonds. The number of nitrogens with zero attached hydrogens (tertiary/aromatic N) is 4. The first-order chi connectivity index (χ1) is 13.3. The van der Waals surface area contributed by atoms with Gasteiger partial charge in [0.15, 0.2) is 5.11 Å². The Labute approximate surface area is 175 Å². The van der Waals surface area contributed by atoms with E-state index in [0.717, 1.165) is 37.8 Å². The summed E-state index contributed by atoms with van der Waals surface area (Å²) < 4.78 is 0. The van der Waals surface area contributed by atoms with Crippen LogP contribution in [0.3, 0.4) is 0 Å². The van der Waals surface area contributed by atoms with E-state index in [-0.39, 0.29) is 5.54 Å². The average molecular weight is 405 g/mol. The molecule has 6 nitrogen and oxygen atoms in total. The molecule has 0 saturated carbocycles. The van der Waals surface area contributed by atoms with Crippen molar-refractivity contribution < 1.29 is 0 Å². The SMILES string of the molecule is C[C@@H]1CCCN(c2cc(N3CCCCCC3)nc(NC(=S)NC(C)(C)C)n2)C1. The third-order valence-corrected chi connectivity index (χ3v) is 5.53. The van der Waals surface area contributed by atoms with Gasteiger partial charge in [-0.15, -0.1) is 0 Å². The van der Waals surface area contributed by atoms with E-state index in [4.69, 9.17) is 22.2 Å². The van der Waals surface area contributed by atoms with Gasteiger partial charge in [-0.1, -0.05) is 19.8 Å². The first kappa shape index (κ1) is 21.1. The largest absolute Gasteiger partial charge is 0.358 e. The van der Waals surface area contributed by atoms with Crippen LogP contribution in [0.1, 0.15) is 66.2 Å². The van der Waals surface area contributed by atoms with Crippen LogP contribution in [0.5, 0.6) is 0 Å². The van der Waals surface area contributed by atoms with Crippen LogP contribution in [-0.2, 0) is 0 Å². The molecule has 156 valence electrons. The molecule has 0 spiro atoms. The molecule has 3 heterocycles. The van der Waals surface area contributed by atoms with Gasteiger partial charge in [0.05, 0.1) is 0 Å². The molecule has 2 aliphatic rings. The highest BCUT2D eigenvalue weighted by Gasteiger charge is 2.21. The maximum absolute atomic E-state index is 5.49. The fraction of sp³-hybridized carbons (Fsp3) is 0.762. The van der Waals surface area contributed by atoms with Gasteiger partial charge in [0, 0.05) is 37.8 Å². The van der Waals surface area contributed by atoms with Crippen molar-refractivity contribution in [2.24, 2.45) is 5.92 Å². The number of piperidine rings is 1. The Morgan fingerprint density at radius 2 is 1.61 bits per heavy atom. The van der Waals surface area contributed by atoms with E-state index in [1.807, 2.05) is 0 Å². The number of nitrogens with one attached hydrogen (secondary N) is 2. The minimum atomic E-state index is -0.0996. The second-order valence-corrected chi connectivity index (χ2v) is 9.74. The van der Waals surface area contributed by atoms with E-state index in [0.29, 0.717) is 17.0 Å². The fourth-order valence-corrected chi connectivity index (χ4v) is 4.37. The lowest BCUT2D eigenvalue weighted by Gasteiger charge is -2.33. The van der Waals surface area contributed by atoms with Gasteiger partial charge in [-0.05, 0) is 64.6 Å². The zero-order valence-electron chi connectivity index (χ0n) is 17.9. The molecule has 0 aliphatic carbocycles. The van der Waals surface area contributed by atoms with Crippen LogP contribution in [-0.4, -0.2) is 46.8 Å². The van der Waals surface area contributed by atoms with Crippen LogP contribution in [0.25, 0.3) is 0 Å². The molecule has 0 radical (unpaired) electrons.